The van der Waals surface area contributed by atoms with Gasteiger partial charge in [-0.1, -0.05) is 0 Å². The highest BCUT2D eigenvalue weighted by atomic mass is 15.5. The summed E-state index contributed by atoms with van der Waals surface area (Å²) in [4.78, 5) is 0. The molecule has 0 aromatic carbocycles. The number of nitrogens with zero attached hydrogens (tertiary/aromatic N) is 2. The Balaban J connectivity index is 3.62. The molecule has 0 bridgehead atoms. The fraction of sp³-hybridized carbons (Fsp3) is 0.800. The van der Waals surface area contributed by atoms with Crippen LogP contribution >= 0.6 is 0 Å². The molecule has 0 heterocycles. The van der Waals surface area contributed by atoms with Crippen LogP contribution in [0, 0.1) is 0 Å². The largest absolute Gasteiger partial charge is 0.320 e. The molecule has 0 fully saturated rings. The Bertz CT molecular complexity index is 134. The number of rotatable bonds is 4. The van der Waals surface area contributed by atoms with Crippen molar-refractivity contribution in [3.63, 3.8) is 0 Å². The first-order valence-electron chi connectivity index (χ1n) is 3.67. The number of hydrogen-bond donors (Lipinski definition) is 5. The number of hydrogen-bond acceptors (Lipinski definition) is 5. The summed E-state index contributed by atoms with van der Waals surface area (Å²) in [6.45, 7) is 1.52. The van der Waals surface area contributed by atoms with E-state index in [0.29, 0.717) is 6.54 Å². The van der Waals surface area contributed by atoms with Crippen LogP contribution in [0.1, 0.15) is 6.42 Å². The molecule has 0 aliphatic heterocycles. The van der Waals surface area contributed by atoms with E-state index in [0.717, 1.165) is 13.0 Å². The lowest BCUT2D eigenvalue weighted by Crippen LogP contribution is -2.49. The van der Waals surface area contributed by atoms with E-state index in [-0.39, 0.29) is 5.96 Å². The Kier molecular flexibility index (Phi) is 6.07. The van der Waals surface area contributed by atoms with Crippen molar-refractivity contribution >= 4 is 5.96 Å². The van der Waals surface area contributed by atoms with Crippen LogP contribution in [0.3, 0.4) is 0 Å². The lowest BCUT2D eigenvalue weighted by Gasteiger charge is -2.18. The van der Waals surface area contributed by atoms with Crippen LogP contribution in [-0.4, -0.2) is 31.1 Å². The van der Waals surface area contributed by atoms with Crippen molar-refractivity contribution in [2.24, 2.45) is 22.6 Å². The van der Waals surface area contributed by atoms with Gasteiger partial charge < -0.3 is 11.2 Å². The molecule has 0 atom stereocenters. The summed E-state index contributed by atoms with van der Waals surface area (Å²) >= 11 is 0. The zero-order valence-corrected chi connectivity index (χ0v) is 7.25. The van der Waals surface area contributed by atoms with E-state index in [4.69, 9.17) is 17.5 Å². The van der Waals surface area contributed by atoms with Crippen molar-refractivity contribution in [2.45, 2.75) is 6.42 Å². The molecule has 0 unspecified atom stereocenters. The van der Waals surface area contributed by atoms with Crippen molar-refractivity contribution in [1.29, 1.82) is 0 Å². The van der Waals surface area contributed by atoms with Gasteiger partial charge in [0.05, 0.1) is 0 Å². The second kappa shape index (κ2) is 6.65. The van der Waals surface area contributed by atoms with Gasteiger partial charge in [0.25, 0.3) is 0 Å². The quantitative estimate of drug-likeness (QED) is 0.106. The lowest BCUT2D eigenvalue weighted by atomic mass is 10.4. The number of hydrazone groups is 1. The average Bonchev–Trinajstić information content (AvgIpc) is 2.07. The Hall–Kier alpha value is -1.05. The smallest absolute Gasteiger partial charge is 0.244 e. The average molecular weight is 175 g/mol. The molecule has 0 aromatic heterocycles. The first-order valence-corrected chi connectivity index (χ1v) is 3.67. The standard InChI is InChI=1S/C5H17N7/c1-9-3-2-4-12(8)5(10-6)11-7/h9H,2-4,6-8H2,1H3,(H,10,11). The minimum Gasteiger partial charge on any atom is -0.320 e. The predicted molar refractivity (Wildman–Crippen MR) is 48.4 cm³/mol. The van der Waals surface area contributed by atoms with Gasteiger partial charge in [0.1, 0.15) is 0 Å². The maximum atomic E-state index is 5.53. The van der Waals surface area contributed by atoms with Gasteiger partial charge >= 0.3 is 0 Å². The second-order valence-corrected chi connectivity index (χ2v) is 2.25. The molecule has 7 nitrogen and oxygen atoms in total. The van der Waals surface area contributed by atoms with E-state index in [1.54, 1.807) is 0 Å². The van der Waals surface area contributed by atoms with Gasteiger partial charge in [-0.15, -0.1) is 5.10 Å². The molecule has 0 aliphatic rings. The Morgan fingerprint density at radius 2 is 2.25 bits per heavy atom. The topological polar surface area (TPSA) is 118 Å². The van der Waals surface area contributed by atoms with Crippen molar-refractivity contribution in [3.05, 3.63) is 0 Å². The summed E-state index contributed by atoms with van der Waals surface area (Å²) in [5, 5.41) is 7.70. The molecule has 0 spiro atoms. The molecule has 0 saturated carbocycles. The summed E-state index contributed by atoms with van der Waals surface area (Å²) in [6, 6.07) is 0. The predicted octanol–water partition coefficient (Wildman–Crippen LogP) is -2.54. The monoisotopic (exact) mass is 175 g/mol. The highest BCUT2D eigenvalue weighted by Crippen LogP contribution is 1.82. The zero-order valence-electron chi connectivity index (χ0n) is 7.25. The van der Waals surface area contributed by atoms with Crippen LogP contribution in [0.4, 0.5) is 0 Å². The van der Waals surface area contributed by atoms with Crippen LogP contribution < -0.4 is 28.3 Å². The van der Waals surface area contributed by atoms with Gasteiger partial charge in [0.15, 0.2) is 0 Å². The summed E-state index contributed by atoms with van der Waals surface area (Å²) in [7, 11) is 1.87. The van der Waals surface area contributed by atoms with Crippen molar-refractivity contribution < 1.29 is 0 Å². The van der Waals surface area contributed by atoms with Gasteiger partial charge in [-0.3, -0.25) is 10.4 Å². The Morgan fingerprint density at radius 3 is 2.67 bits per heavy atom. The molecule has 7 heteroatoms. The summed E-state index contributed by atoms with van der Waals surface area (Å²) < 4.78 is 0. The van der Waals surface area contributed by atoms with Gasteiger partial charge in [-0.25, -0.2) is 11.7 Å². The van der Waals surface area contributed by atoms with E-state index in [1.807, 2.05) is 7.05 Å². The highest BCUT2D eigenvalue weighted by Gasteiger charge is 2.02. The minimum absolute atomic E-state index is 0.270. The highest BCUT2D eigenvalue weighted by molar-refractivity contribution is 5.78. The number of nitrogens with one attached hydrogen (secondary N) is 2. The van der Waals surface area contributed by atoms with E-state index in [1.165, 1.54) is 5.01 Å². The van der Waals surface area contributed by atoms with E-state index >= 15 is 0 Å². The fourth-order valence-corrected chi connectivity index (χ4v) is 0.726. The Labute approximate surface area is 71.9 Å². The molecule has 0 saturated heterocycles. The maximum Gasteiger partial charge on any atom is 0.244 e. The van der Waals surface area contributed by atoms with E-state index in [2.05, 4.69) is 15.8 Å². The van der Waals surface area contributed by atoms with Crippen molar-refractivity contribution in [1.82, 2.24) is 15.8 Å². The first-order chi connectivity index (χ1) is 5.76. The molecule has 0 aromatic rings. The maximum absolute atomic E-state index is 5.53. The molecular weight excluding hydrogens is 158 g/mol. The third kappa shape index (κ3) is 3.96. The lowest BCUT2D eigenvalue weighted by molar-refractivity contribution is 0.409. The minimum atomic E-state index is 0.270. The van der Waals surface area contributed by atoms with Crippen LogP contribution in [0.2, 0.25) is 0 Å². The first kappa shape index (κ1) is 11.0. The van der Waals surface area contributed by atoms with Crippen molar-refractivity contribution in [3.8, 4) is 0 Å². The number of nitrogens with two attached hydrogens (primary N) is 3. The van der Waals surface area contributed by atoms with Crippen LogP contribution in [0.25, 0.3) is 0 Å². The molecule has 0 rings (SSSR count). The third-order valence-corrected chi connectivity index (χ3v) is 1.35. The fourth-order valence-electron chi connectivity index (χ4n) is 0.726. The molecule has 72 valence electrons. The van der Waals surface area contributed by atoms with Crippen LogP contribution in [0.5, 0.6) is 0 Å². The second-order valence-electron chi connectivity index (χ2n) is 2.25. The van der Waals surface area contributed by atoms with Gasteiger partial charge in [0, 0.05) is 6.54 Å². The Morgan fingerprint density at radius 1 is 1.58 bits per heavy atom. The third-order valence-electron chi connectivity index (χ3n) is 1.35. The number of hydrazine groups is 2. The summed E-state index contributed by atoms with van der Waals surface area (Å²) in [6.07, 6.45) is 0.897. The van der Waals surface area contributed by atoms with E-state index in [9.17, 15) is 0 Å². The molecule has 0 amide bonds. The summed E-state index contributed by atoms with van der Waals surface area (Å²) in [5.74, 6) is 15.9. The van der Waals surface area contributed by atoms with Gasteiger partial charge in [-0.05, 0) is 20.0 Å². The van der Waals surface area contributed by atoms with Crippen molar-refractivity contribution in [2.75, 3.05) is 20.1 Å². The molecule has 0 aliphatic carbocycles. The molecular formula is C5H17N7. The molecule has 12 heavy (non-hydrogen) atoms. The normalized spacial score (nSPS) is 11.4. The van der Waals surface area contributed by atoms with Gasteiger partial charge in [-0.2, -0.15) is 0 Å². The van der Waals surface area contributed by atoms with Gasteiger partial charge in [0.2, 0.25) is 5.96 Å². The van der Waals surface area contributed by atoms with Crippen LogP contribution in [-0.2, 0) is 0 Å². The molecule has 0 radical (unpaired) electrons. The molecule has 8 N–H and O–H groups in total. The van der Waals surface area contributed by atoms with Crippen LogP contribution in [0.15, 0.2) is 5.10 Å². The SMILES string of the molecule is CNCCCN(N)/C(=N/N)NN. The van der Waals surface area contributed by atoms with E-state index < -0.39 is 0 Å². The zero-order chi connectivity index (χ0) is 9.40. The summed E-state index contributed by atoms with van der Waals surface area (Å²) in [5.41, 5.74) is 2.28. The number of guanidine groups is 1.